The molecule has 4 heteroatoms. The molecular weight excluding hydrogens is 280 g/mol. The average molecular weight is 304 g/mol. The third-order valence-electron chi connectivity index (χ3n) is 3.08. The largest absolute Gasteiger partial charge is 0.491 e. The van der Waals surface area contributed by atoms with Crippen LogP contribution >= 0.6 is 11.3 Å². The minimum absolute atomic E-state index is 0.194. The van der Waals surface area contributed by atoms with Gasteiger partial charge in [-0.05, 0) is 63.9 Å². The molecule has 3 nitrogen and oxygen atoms in total. The molecule has 1 heterocycles. The third kappa shape index (κ3) is 4.29. The number of nitrogens with two attached hydrogens (primary N) is 1. The van der Waals surface area contributed by atoms with Gasteiger partial charge in [-0.15, -0.1) is 11.3 Å². The zero-order valence-electron chi connectivity index (χ0n) is 13.1. The maximum absolute atomic E-state index is 5.73. The van der Waals surface area contributed by atoms with E-state index in [-0.39, 0.29) is 6.10 Å². The highest BCUT2D eigenvalue weighted by atomic mass is 32.1. The third-order valence-corrected chi connectivity index (χ3v) is 4.25. The van der Waals surface area contributed by atoms with Crippen LogP contribution in [0.3, 0.4) is 0 Å². The SMILES string of the molecule is CCCc1nc(-c2ccc(OC(C)C)cc2)c(CCN)s1. The average Bonchev–Trinajstić information content (AvgIpc) is 2.83. The molecule has 1 aromatic carbocycles. The molecule has 0 aliphatic carbocycles. The molecule has 0 aliphatic rings. The number of benzene rings is 1. The molecule has 0 spiro atoms. The van der Waals surface area contributed by atoms with Crippen LogP contribution in [0, 0.1) is 0 Å². The van der Waals surface area contributed by atoms with Gasteiger partial charge in [-0.1, -0.05) is 6.92 Å². The lowest BCUT2D eigenvalue weighted by atomic mass is 10.1. The fraction of sp³-hybridized carbons (Fsp3) is 0.471. The quantitative estimate of drug-likeness (QED) is 0.839. The smallest absolute Gasteiger partial charge is 0.119 e. The number of ether oxygens (including phenoxy) is 1. The molecule has 0 bridgehead atoms. The normalized spacial score (nSPS) is 11.1. The standard InChI is InChI=1S/C17H24N2OS/c1-4-5-16-19-17(15(21-16)10-11-18)13-6-8-14(9-7-13)20-12(2)3/h6-9,12H,4-5,10-11,18H2,1-3H3. The molecule has 0 unspecified atom stereocenters. The van der Waals surface area contributed by atoms with Gasteiger partial charge < -0.3 is 10.5 Å². The van der Waals surface area contributed by atoms with Crippen molar-refractivity contribution in [2.45, 2.75) is 46.1 Å². The highest BCUT2D eigenvalue weighted by molar-refractivity contribution is 7.12. The molecule has 0 amide bonds. The number of nitrogens with zero attached hydrogens (tertiary/aromatic N) is 1. The van der Waals surface area contributed by atoms with E-state index in [9.17, 15) is 0 Å². The minimum Gasteiger partial charge on any atom is -0.491 e. The lowest BCUT2D eigenvalue weighted by Crippen LogP contribution is -2.05. The molecule has 2 rings (SSSR count). The van der Waals surface area contributed by atoms with Crippen LogP contribution in [-0.2, 0) is 12.8 Å². The molecule has 0 saturated heterocycles. The van der Waals surface area contributed by atoms with Crippen LogP contribution < -0.4 is 10.5 Å². The van der Waals surface area contributed by atoms with E-state index < -0.39 is 0 Å². The van der Waals surface area contributed by atoms with E-state index in [1.165, 1.54) is 9.88 Å². The molecule has 114 valence electrons. The molecule has 0 radical (unpaired) electrons. The van der Waals surface area contributed by atoms with Gasteiger partial charge in [0.05, 0.1) is 16.8 Å². The van der Waals surface area contributed by atoms with Crippen LogP contribution in [0.5, 0.6) is 5.75 Å². The van der Waals surface area contributed by atoms with Crippen molar-refractivity contribution >= 4 is 11.3 Å². The fourth-order valence-corrected chi connectivity index (χ4v) is 3.42. The summed E-state index contributed by atoms with van der Waals surface area (Å²) >= 11 is 1.80. The van der Waals surface area contributed by atoms with E-state index in [0.29, 0.717) is 6.54 Å². The number of aromatic nitrogens is 1. The lowest BCUT2D eigenvalue weighted by Gasteiger charge is -2.10. The summed E-state index contributed by atoms with van der Waals surface area (Å²) in [5.74, 6) is 0.901. The number of rotatable bonds is 7. The van der Waals surface area contributed by atoms with Gasteiger partial charge in [0, 0.05) is 10.4 Å². The van der Waals surface area contributed by atoms with Gasteiger partial charge in [-0.2, -0.15) is 0 Å². The van der Waals surface area contributed by atoms with Gasteiger partial charge in [0.1, 0.15) is 5.75 Å². The van der Waals surface area contributed by atoms with Crippen molar-refractivity contribution in [2.24, 2.45) is 5.73 Å². The second-order valence-electron chi connectivity index (χ2n) is 5.36. The maximum atomic E-state index is 5.73. The topological polar surface area (TPSA) is 48.1 Å². The summed E-state index contributed by atoms with van der Waals surface area (Å²) in [4.78, 5) is 6.09. The Labute approximate surface area is 131 Å². The summed E-state index contributed by atoms with van der Waals surface area (Å²) in [5.41, 5.74) is 7.96. The van der Waals surface area contributed by atoms with E-state index in [1.807, 2.05) is 26.0 Å². The molecule has 1 aromatic heterocycles. The van der Waals surface area contributed by atoms with E-state index >= 15 is 0 Å². The summed E-state index contributed by atoms with van der Waals surface area (Å²) in [6.07, 6.45) is 3.24. The second kappa shape index (κ2) is 7.57. The summed E-state index contributed by atoms with van der Waals surface area (Å²) in [6.45, 7) is 6.91. The Kier molecular flexibility index (Phi) is 5.76. The van der Waals surface area contributed by atoms with Crippen LogP contribution in [0.2, 0.25) is 0 Å². The van der Waals surface area contributed by atoms with Crippen LogP contribution in [-0.4, -0.2) is 17.6 Å². The molecule has 2 N–H and O–H groups in total. The van der Waals surface area contributed by atoms with Crippen molar-refractivity contribution in [3.8, 4) is 17.0 Å². The Balaban J connectivity index is 2.27. The van der Waals surface area contributed by atoms with E-state index in [2.05, 4.69) is 19.1 Å². The van der Waals surface area contributed by atoms with Crippen LogP contribution in [0.15, 0.2) is 24.3 Å². The Morgan fingerprint density at radius 1 is 1.19 bits per heavy atom. The van der Waals surface area contributed by atoms with Crippen molar-refractivity contribution in [3.63, 3.8) is 0 Å². The molecule has 0 aliphatic heterocycles. The number of thiazole rings is 1. The van der Waals surface area contributed by atoms with Gasteiger partial charge in [0.15, 0.2) is 0 Å². The first-order valence-corrected chi connectivity index (χ1v) is 8.41. The van der Waals surface area contributed by atoms with Crippen molar-refractivity contribution in [1.82, 2.24) is 4.98 Å². The zero-order valence-corrected chi connectivity index (χ0v) is 13.9. The van der Waals surface area contributed by atoms with Gasteiger partial charge in [-0.25, -0.2) is 4.98 Å². The van der Waals surface area contributed by atoms with Gasteiger partial charge in [0.25, 0.3) is 0 Å². The van der Waals surface area contributed by atoms with E-state index in [4.69, 9.17) is 15.5 Å². The molecular formula is C17H24N2OS. The van der Waals surface area contributed by atoms with Crippen molar-refractivity contribution in [1.29, 1.82) is 0 Å². The van der Waals surface area contributed by atoms with Crippen LogP contribution in [0.1, 0.15) is 37.1 Å². The fourth-order valence-electron chi connectivity index (χ4n) is 2.21. The lowest BCUT2D eigenvalue weighted by molar-refractivity contribution is 0.242. The van der Waals surface area contributed by atoms with Crippen LogP contribution in [0.4, 0.5) is 0 Å². The number of aryl methyl sites for hydroxylation is 1. The summed E-state index contributed by atoms with van der Waals surface area (Å²) in [6, 6.07) is 8.20. The highest BCUT2D eigenvalue weighted by Crippen LogP contribution is 2.30. The molecule has 0 saturated carbocycles. The maximum Gasteiger partial charge on any atom is 0.119 e. The predicted octanol–water partition coefficient (Wildman–Crippen LogP) is 4.05. The van der Waals surface area contributed by atoms with Crippen LogP contribution in [0.25, 0.3) is 11.3 Å². The molecule has 0 atom stereocenters. The van der Waals surface area contributed by atoms with Gasteiger partial charge in [0.2, 0.25) is 0 Å². The van der Waals surface area contributed by atoms with E-state index in [0.717, 1.165) is 36.3 Å². The Hall–Kier alpha value is -1.39. The minimum atomic E-state index is 0.194. The summed E-state index contributed by atoms with van der Waals surface area (Å²) < 4.78 is 5.69. The Bertz CT molecular complexity index is 561. The first-order chi connectivity index (χ1) is 10.1. The van der Waals surface area contributed by atoms with Crippen molar-refractivity contribution in [3.05, 3.63) is 34.2 Å². The highest BCUT2D eigenvalue weighted by Gasteiger charge is 2.12. The predicted molar refractivity (Wildman–Crippen MR) is 90.1 cm³/mol. The van der Waals surface area contributed by atoms with Crippen molar-refractivity contribution < 1.29 is 4.74 Å². The zero-order chi connectivity index (χ0) is 15.2. The second-order valence-corrected chi connectivity index (χ2v) is 6.53. The summed E-state index contributed by atoms with van der Waals surface area (Å²) in [5, 5.41) is 1.21. The number of hydrogen-bond acceptors (Lipinski definition) is 4. The Morgan fingerprint density at radius 3 is 2.48 bits per heavy atom. The van der Waals surface area contributed by atoms with Gasteiger partial charge in [-0.3, -0.25) is 0 Å². The molecule has 21 heavy (non-hydrogen) atoms. The van der Waals surface area contributed by atoms with Gasteiger partial charge >= 0.3 is 0 Å². The first kappa shape index (κ1) is 16.0. The molecule has 0 fully saturated rings. The van der Waals surface area contributed by atoms with E-state index in [1.54, 1.807) is 11.3 Å². The Morgan fingerprint density at radius 2 is 1.90 bits per heavy atom. The van der Waals surface area contributed by atoms with Crippen molar-refractivity contribution in [2.75, 3.05) is 6.54 Å². The monoisotopic (exact) mass is 304 g/mol. The first-order valence-electron chi connectivity index (χ1n) is 7.59. The number of hydrogen-bond donors (Lipinski definition) is 1. The molecule has 2 aromatic rings. The summed E-state index contributed by atoms with van der Waals surface area (Å²) in [7, 11) is 0.